The highest BCUT2D eigenvalue weighted by molar-refractivity contribution is 5.81. The molecule has 0 saturated carbocycles. The predicted molar refractivity (Wildman–Crippen MR) is 93.4 cm³/mol. The van der Waals surface area contributed by atoms with E-state index in [0.717, 1.165) is 12.0 Å². The highest BCUT2D eigenvalue weighted by Crippen LogP contribution is 2.13. The van der Waals surface area contributed by atoms with E-state index >= 15 is 0 Å². The molecule has 0 atom stereocenters. The maximum absolute atomic E-state index is 11.6. The zero-order valence-corrected chi connectivity index (χ0v) is 13.1. The van der Waals surface area contributed by atoms with Crippen molar-refractivity contribution >= 4 is 18.2 Å². The molecule has 1 amide bonds. The smallest absolute Gasteiger partial charge is 0.277 e. The first-order valence-corrected chi connectivity index (χ1v) is 7.53. The Morgan fingerprint density at radius 1 is 1.17 bits per heavy atom. The van der Waals surface area contributed by atoms with Crippen molar-refractivity contribution in [3.8, 4) is 5.75 Å². The lowest BCUT2D eigenvalue weighted by atomic mass is 10.2. The summed E-state index contributed by atoms with van der Waals surface area (Å²) in [5, 5.41) is 3.84. The number of nitrogens with one attached hydrogen (secondary N) is 1. The number of hydrazone groups is 1. The summed E-state index contributed by atoms with van der Waals surface area (Å²) in [4.78, 5) is 11.6. The van der Waals surface area contributed by atoms with Gasteiger partial charge in [-0.25, -0.2) is 5.43 Å². The third-order valence-electron chi connectivity index (χ3n) is 3.11. The second-order valence-electron chi connectivity index (χ2n) is 4.87. The van der Waals surface area contributed by atoms with Crippen molar-refractivity contribution in [3.63, 3.8) is 0 Å². The van der Waals surface area contributed by atoms with Gasteiger partial charge < -0.3 is 4.74 Å². The Labute approximate surface area is 136 Å². The van der Waals surface area contributed by atoms with Gasteiger partial charge in [0.15, 0.2) is 6.61 Å². The molecule has 0 aromatic heterocycles. The van der Waals surface area contributed by atoms with Gasteiger partial charge in [-0.1, -0.05) is 55.5 Å². The molecule has 0 spiro atoms. The van der Waals surface area contributed by atoms with Gasteiger partial charge in [0, 0.05) is 6.21 Å². The fourth-order valence-electron chi connectivity index (χ4n) is 1.91. The molecule has 2 rings (SSSR count). The lowest BCUT2D eigenvalue weighted by Gasteiger charge is -2.06. The number of benzene rings is 2. The van der Waals surface area contributed by atoms with E-state index in [9.17, 15) is 4.79 Å². The fraction of sp³-hybridized carbons (Fsp3) is 0.158. The van der Waals surface area contributed by atoms with Gasteiger partial charge in [-0.05, 0) is 35.8 Å². The van der Waals surface area contributed by atoms with Crippen LogP contribution in [0.5, 0.6) is 5.75 Å². The van der Waals surface area contributed by atoms with E-state index in [-0.39, 0.29) is 12.5 Å². The summed E-state index contributed by atoms with van der Waals surface area (Å²) in [7, 11) is 0. The van der Waals surface area contributed by atoms with Crippen LogP contribution in [0.25, 0.3) is 6.08 Å². The number of aryl methyl sites for hydroxylation is 1. The molecule has 0 radical (unpaired) electrons. The summed E-state index contributed by atoms with van der Waals surface area (Å²) in [6.45, 7) is 2.01. The molecule has 0 saturated heterocycles. The van der Waals surface area contributed by atoms with Crippen LogP contribution < -0.4 is 10.2 Å². The Morgan fingerprint density at radius 3 is 2.78 bits per heavy atom. The summed E-state index contributed by atoms with van der Waals surface area (Å²) >= 11 is 0. The van der Waals surface area contributed by atoms with Crippen LogP contribution in [0.2, 0.25) is 0 Å². The first-order valence-electron chi connectivity index (χ1n) is 7.53. The maximum atomic E-state index is 11.6. The number of ether oxygens (including phenoxy) is 1. The fourth-order valence-corrected chi connectivity index (χ4v) is 1.91. The van der Waals surface area contributed by atoms with Crippen molar-refractivity contribution in [2.45, 2.75) is 13.3 Å². The first-order chi connectivity index (χ1) is 11.3. The number of rotatable bonds is 7. The molecule has 0 fully saturated rings. The molecule has 0 unspecified atom stereocenters. The summed E-state index contributed by atoms with van der Waals surface area (Å²) in [5.41, 5.74) is 4.67. The van der Waals surface area contributed by atoms with Gasteiger partial charge in [0.2, 0.25) is 0 Å². The second kappa shape index (κ2) is 9.20. The molecule has 0 heterocycles. The summed E-state index contributed by atoms with van der Waals surface area (Å²) < 4.78 is 5.43. The number of carbonyl (C=O) groups is 1. The SMILES string of the molecule is CCc1cccc(OCC(=O)N/N=C/C=C/c2ccccc2)c1. The summed E-state index contributed by atoms with van der Waals surface area (Å²) in [5.74, 6) is 0.392. The Morgan fingerprint density at radius 2 is 2.00 bits per heavy atom. The molecule has 0 aliphatic carbocycles. The number of amides is 1. The Kier molecular flexibility index (Phi) is 6.60. The maximum Gasteiger partial charge on any atom is 0.277 e. The van der Waals surface area contributed by atoms with Crippen LogP contribution in [0, 0.1) is 0 Å². The molecule has 1 N–H and O–H groups in total. The molecule has 4 heteroatoms. The highest BCUT2D eigenvalue weighted by atomic mass is 16.5. The Bertz CT molecular complexity index is 679. The monoisotopic (exact) mass is 308 g/mol. The summed E-state index contributed by atoms with van der Waals surface area (Å²) in [6.07, 6.45) is 6.13. The minimum atomic E-state index is -0.295. The van der Waals surface area contributed by atoms with Crippen molar-refractivity contribution in [1.82, 2.24) is 5.43 Å². The zero-order chi connectivity index (χ0) is 16.3. The van der Waals surface area contributed by atoms with Gasteiger partial charge in [-0.15, -0.1) is 0 Å². The van der Waals surface area contributed by atoms with Gasteiger partial charge in [-0.2, -0.15) is 5.10 Å². The topological polar surface area (TPSA) is 50.7 Å². The predicted octanol–water partition coefficient (Wildman–Crippen LogP) is 3.44. The molecular weight excluding hydrogens is 288 g/mol. The number of nitrogens with zero attached hydrogens (tertiary/aromatic N) is 1. The van der Waals surface area contributed by atoms with Gasteiger partial charge in [0.25, 0.3) is 5.91 Å². The van der Waals surface area contributed by atoms with Crippen LogP contribution >= 0.6 is 0 Å². The minimum Gasteiger partial charge on any atom is -0.484 e. The molecule has 0 aliphatic heterocycles. The van der Waals surface area contributed by atoms with Crippen LogP contribution in [0.3, 0.4) is 0 Å². The van der Waals surface area contributed by atoms with Crippen LogP contribution in [0.15, 0.2) is 65.8 Å². The van der Waals surface area contributed by atoms with Crippen LogP contribution in [0.1, 0.15) is 18.1 Å². The zero-order valence-electron chi connectivity index (χ0n) is 13.1. The summed E-state index contributed by atoms with van der Waals surface area (Å²) in [6, 6.07) is 17.6. The largest absolute Gasteiger partial charge is 0.484 e. The Hall–Kier alpha value is -2.88. The molecule has 23 heavy (non-hydrogen) atoms. The Balaban J connectivity index is 1.72. The van der Waals surface area contributed by atoms with Crippen LogP contribution in [0.4, 0.5) is 0 Å². The van der Waals surface area contributed by atoms with Crippen molar-refractivity contribution in [1.29, 1.82) is 0 Å². The lowest BCUT2D eigenvalue weighted by molar-refractivity contribution is -0.123. The van der Waals surface area contributed by atoms with Crippen molar-refractivity contribution < 1.29 is 9.53 Å². The van der Waals surface area contributed by atoms with Gasteiger partial charge in [-0.3, -0.25) is 4.79 Å². The van der Waals surface area contributed by atoms with Gasteiger partial charge >= 0.3 is 0 Å². The van der Waals surface area contributed by atoms with Crippen LogP contribution in [-0.2, 0) is 11.2 Å². The molecule has 2 aromatic carbocycles. The normalized spacial score (nSPS) is 11.0. The third-order valence-corrected chi connectivity index (χ3v) is 3.11. The van der Waals surface area contributed by atoms with Gasteiger partial charge in [0.05, 0.1) is 0 Å². The van der Waals surface area contributed by atoms with E-state index in [2.05, 4.69) is 17.5 Å². The number of carbonyl (C=O) groups excluding carboxylic acids is 1. The molecule has 0 aliphatic rings. The van der Waals surface area contributed by atoms with Crippen molar-refractivity contribution in [3.05, 3.63) is 71.8 Å². The van der Waals surface area contributed by atoms with E-state index < -0.39 is 0 Å². The molecular formula is C19H20N2O2. The first kappa shape index (κ1) is 16.5. The number of hydrogen-bond acceptors (Lipinski definition) is 3. The number of allylic oxidation sites excluding steroid dienone is 1. The van der Waals surface area contributed by atoms with Gasteiger partial charge in [0.1, 0.15) is 5.75 Å². The second-order valence-corrected chi connectivity index (χ2v) is 4.87. The quantitative estimate of drug-likeness (QED) is 0.629. The molecule has 0 bridgehead atoms. The van der Waals surface area contributed by atoms with E-state index in [4.69, 9.17) is 4.74 Å². The molecule has 2 aromatic rings. The van der Waals surface area contributed by atoms with Crippen LogP contribution in [-0.4, -0.2) is 18.7 Å². The molecule has 118 valence electrons. The van der Waals surface area contributed by atoms with E-state index in [1.54, 1.807) is 6.08 Å². The highest BCUT2D eigenvalue weighted by Gasteiger charge is 2.01. The number of hydrogen-bond donors (Lipinski definition) is 1. The van der Waals surface area contributed by atoms with Crippen molar-refractivity contribution in [2.75, 3.05) is 6.61 Å². The minimum absolute atomic E-state index is 0.0626. The van der Waals surface area contributed by atoms with Crippen molar-refractivity contribution in [2.24, 2.45) is 5.10 Å². The average Bonchev–Trinajstić information content (AvgIpc) is 2.61. The van der Waals surface area contributed by atoms with E-state index in [1.165, 1.54) is 11.8 Å². The molecule has 4 nitrogen and oxygen atoms in total. The average molecular weight is 308 g/mol. The van der Waals surface area contributed by atoms with E-state index in [0.29, 0.717) is 5.75 Å². The van der Waals surface area contributed by atoms with E-state index in [1.807, 2.05) is 60.7 Å². The third kappa shape index (κ3) is 6.18. The lowest BCUT2D eigenvalue weighted by Crippen LogP contribution is -2.24. The standard InChI is InChI=1S/C19H20N2O2/c1-2-16-10-6-12-18(14-16)23-15-19(22)21-20-13-7-11-17-8-4-3-5-9-17/h3-14H,2,15H2,1H3,(H,21,22)/b11-7+,20-13+.